The fraction of sp³-hybridized carbons (Fsp3) is 0.118. The molecule has 1 N–H and O–H groups in total. The number of phenols is 1. The number of para-hydroxylation sites is 1. The predicted octanol–water partition coefficient (Wildman–Crippen LogP) is 3.58. The Morgan fingerprint density at radius 3 is 2.55 bits per heavy atom. The van der Waals surface area contributed by atoms with E-state index in [0.29, 0.717) is 5.52 Å². The molecule has 20 heavy (non-hydrogen) atoms. The summed E-state index contributed by atoms with van der Waals surface area (Å²) in [7, 11) is 0. The Kier molecular flexibility index (Phi) is 4.18. The van der Waals surface area contributed by atoms with Crippen LogP contribution in [0.5, 0.6) is 5.75 Å². The fourth-order valence-corrected chi connectivity index (χ4v) is 2.29. The van der Waals surface area contributed by atoms with E-state index < -0.39 is 0 Å². The number of fused-ring (bicyclic) bond motifs is 1. The molecule has 0 bridgehead atoms. The fourth-order valence-electron chi connectivity index (χ4n) is 2.29. The summed E-state index contributed by atoms with van der Waals surface area (Å²) < 4.78 is 0. The van der Waals surface area contributed by atoms with Crippen LogP contribution in [0.25, 0.3) is 22.2 Å². The van der Waals surface area contributed by atoms with E-state index >= 15 is 0 Å². The summed E-state index contributed by atoms with van der Waals surface area (Å²) in [5.74, 6) is 0.227. The maximum atomic E-state index is 9.90. The first-order chi connectivity index (χ1) is 9.15. The van der Waals surface area contributed by atoms with Gasteiger partial charge in [0.05, 0.1) is 5.69 Å². The van der Waals surface area contributed by atoms with E-state index in [9.17, 15) is 5.11 Å². The van der Waals surface area contributed by atoms with Gasteiger partial charge in [-0.25, -0.2) is 4.98 Å². The van der Waals surface area contributed by atoms with Crippen LogP contribution in [-0.4, -0.2) is 29.0 Å². The van der Waals surface area contributed by atoms with Gasteiger partial charge in [-0.3, -0.25) is 0 Å². The summed E-state index contributed by atoms with van der Waals surface area (Å²) in [6, 6.07) is 15.8. The normalized spacial score (nSPS) is 10.3. The van der Waals surface area contributed by atoms with Gasteiger partial charge in [-0.1, -0.05) is 35.9 Å². The van der Waals surface area contributed by atoms with E-state index in [4.69, 9.17) is 0 Å². The SMILES string of the molecule is Cc1ccc(C)c(-c2ccc3cccc(O)c3n2)c1.[LiH]. The number of aryl methyl sites for hydroxylation is 2. The predicted molar refractivity (Wildman–Crippen MR) is 85.5 cm³/mol. The van der Waals surface area contributed by atoms with Crippen LogP contribution in [0.3, 0.4) is 0 Å². The number of hydrogen-bond donors (Lipinski definition) is 1. The molecular weight excluding hydrogens is 241 g/mol. The van der Waals surface area contributed by atoms with Crippen molar-refractivity contribution in [2.45, 2.75) is 13.8 Å². The van der Waals surface area contributed by atoms with E-state index in [1.165, 1.54) is 11.1 Å². The second kappa shape index (κ2) is 5.71. The molecule has 0 saturated heterocycles. The van der Waals surface area contributed by atoms with Crippen LogP contribution in [-0.2, 0) is 0 Å². The quantitative estimate of drug-likeness (QED) is 0.676. The van der Waals surface area contributed by atoms with E-state index in [1.54, 1.807) is 6.07 Å². The minimum atomic E-state index is 0. The van der Waals surface area contributed by atoms with Crippen molar-refractivity contribution in [1.29, 1.82) is 0 Å². The van der Waals surface area contributed by atoms with E-state index in [-0.39, 0.29) is 24.6 Å². The number of pyridine rings is 1. The molecule has 0 spiro atoms. The van der Waals surface area contributed by atoms with Crippen molar-refractivity contribution < 1.29 is 5.11 Å². The Balaban J connectivity index is 0.00000147. The van der Waals surface area contributed by atoms with Crippen molar-refractivity contribution >= 4 is 29.8 Å². The van der Waals surface area contributed by atoms with Gasteiger partial charge in [0, 0.05) is 10.9 Å². The molecule has 0 saturated carbocycles. The summed E-state index contributed by atoms with van der Waals surface area (Å²) in [5.41, 5.74) is 5.06. The first-order valence-corrected chi connectivity index (χ1v) is 6.31. The van der Waals surface area contributed by atoms with Crippen LogP contribution in [0.4, 0.5) is 0 Å². The zero-order valence-electron chi connectivity index (χ0n) is 11.0. The number of aromatic hydroxyl groups is 1. The first-order valence-electron chi connectivity index (χ1n) is 6.31. The third-order valence-corrected chi connectivity index (χ3v) is 3.37. The molecule has 0 aliphatic heterocycles. The molecule has 2 nitrogen and oxygen atoms in total. The van der Waals surface area contributed by atoms with Gasteiger partial charge in [-0.05, 0) is 37.6 Å². The van der Waals surface area contributed by atoms with Crippen LogP contribution in [0.15, 0.2) is 48.5 Å². The van der Waals surface area contributed by atoms with Gasteiger partial charge in [-0.15, -0.1) is 0 Å². The van der Waals surface area contributed by atoms with Crippen LogP contribution in [0, 0.1) is 13.8 Å². The molecule has 2 aromatic carbocycles. The van der Waals surface area contributed by atoms with Gasteiger partial charge in [0.2, 0.25) is 0 Å². The molecule has 0 amide bonds. The number of phenolic OH excluding ortho intramolecular Hbond substituents is 1. The topological polar surface area (TPSA) is 33.1 Å². The molecule has 3 rings (SSSR count). The summed E-state index contributed by atoms with van der Waals surface area (Å²) in [4.78, 5) is 4.60. The molecule has 3 aromatic rings. The standard InChI is InChI=1S/C17H15NO.Li.H/c1-11-6-7-12(2)14(10-11)15-9-8-13-4-3-5-16(19)17(13)18-15;;/h3-10,19H,1-2H3;;. The molecule has 0 fully saturated rings. The molecule has 3 heteroatoms. The summed E-state index contributed by atoms with van der Waals surface area (Å²) in [5, 5.41) is 10.9. The molecule has 0 aliphatic carbocycles. The average molecular weight is 257 g/mol. The van der Waals surface area contributed by atoms with Crippen LogP contribution < -0.4 is 0 Å². The molecular formula is C17H16LiNO. The van der Waals surface area contributed by atoms with Crippen molar-refractivity contribution in [3.8, 4) is 17.0 Å². The number of aromatic nitrogens is 1. The number of benzene rings is 2. The zero-order chi connectivity index (χ0) is 13.4. The Morgan fingerprint density at radius 1 is 0.950 bits per heavy atom. The summed E-state index contributed by atoms with van der Waals surface area (Å²) >= 11 is 0. The van der Waals surface area contributed by atoms with Crippen molar-refractivity contribution in [2.75, 3.05) is 0 Å². The van der Waals surface area contributed by atoms with Crippen molar-refractivity contribution in [3.63, 3.8) is 0 Å². The van der Waals surface area contributed by atoms with Gasteiger partial charge in [0.15, 0.2) is 0 Å². The summed E-state index contributed by atoms with van der Waals surface area (Å²) in [6.07, 6.45) is 0. The molecule has 1 aromatic heterocycles. The maximum absolute atomic E-state index is 9.90. The number of hydrogen-bond acceptors (Lipinski definition) is 2. The molecule has 0 unspecified atom stereocenters. The van der Waals surface area contributed by atoms with Gasteiger partial charge in [0.25, 0.3) is 0 Å². The van der Waals surface area contributed by atoms with E-state index in [2.05, 4.69) is 37.0 Å². The van der Waals surface area contributed by atoms with E-state index in [0.717, 1.165) is 16.6 Å². The molecule has 96 valence electrons. The second-order valence-electron chi connectivity index (χ2n) is 4.86. The molecule has 0 radical (unpaired) electrons. The Morgan fingerprint density at radius 2 is 1.75 bits per heavy atom. The third kappa shape index (κ3) is 2.58. The molecule has 0 aliphatic rings. The second-order valence-corrected chi connectivity index (χ2v) is 4.86. The third-order valence-electron chi connectivity index (χ3n) is 3.37. The molecule has 1 heterocycles. The van der Waals surface area contributed by atoms with Gasteiger partial charge < -0.3 is 5.11 Å². The number of rotatable bonds is 1. The monoisotopic (exact) mass is 257 g/mol. The van der Waals surface area contributed by atoms with Crippen LogP contribution >= 0.6 is 0 Å². The Hall–Kier alpha value is -1.75. The van der Waals surface area contributed by atoms with Gasteiger partial charge in [-0.2, -0.15) is 0 Å². The Labute approximate surface area is 130 Å². The van der Waals surface area contributed by atoms with Gasteiger partial charge >= 0.3 is 18.9 Å². The molecule has 0 atom stereocenters. The summed E-state index contributed by atoms with van der Waals surface area (Å²) in [6.45, 7) is 4.15. The number of nitrogens with zero attached hydrogens (tertiary/aromatic N) is 1. The van der Waals surface area contributed by atoms with Crippen LogP contribution in [0.2, 0.25) is 0 Å². The van der Waals surface area contributed by atoms with Crippen molar-refractivity contribution in [1.82, 2.24) is 4.98 Å². The first kappa shape index (κ1) is 14.7. The van der Waals surface area contributed by atoms with Crippen molar-refractivity contribution in [3.05, 3.63) is 59.7 Å². The van der Waals surface area contributed by atoms with Crippen molar-refractivity contribution in [2.24, 2.45) is 0 Å². The van der Waals surface area contributed by atoms with Crippen LogP contribution in [0.1, 0.15) is 11.1 Å². The minimum absolute atomic E-state index is 0. The van der Waals surface area contributed by atoms with E-state index in [1.807, 2.05) is 24.3 Å². The average Bonchev–Trinajstić information content (AvgIpc) is 2.42. The zero-order valence-corrected chi connectivity index (χ0v) is 11.0. The Bertz CT molecular complexity index is 768. The van der Waals surface area contributed by atoms with Gasteiger partial charge in [0.1, 0.15) is 11.3 Å².